The zero-order valence-electron chi connectivity index (χ0n) is 14.7. The normalized spacial score (nSPS) is 18.3. The molecule has 1 aliphatic heterocycles. The summed E-state index contributed by atoms with van der Waals surface area (Å²) in [5.74, 6) is -0.280. The first-order valence-corrected chi connectivity index (χ1v) is 9.31. The molecule has 0 amide bonds. The second kappa shape index (κ2) is 7.22. The highest BCUT2D eigenvalue weighted by Crippen LogP contribution is 2.32. The number of aryl methyl sites for hydroxylation is 1. The number of nitrogens with zero attached hydrogens (tertiary/aromatic N) is 5. The first-order valence-electron chi connectivity index (χ1n) is 8.54. The first kappa shape index (κ1) is 17.3. The Bertz CT molecular complexity index is 895. The van der Waals surface area contributed by atoms with Crippen molar-refractivity contribution in [2.45, 2.75) is 26.4 Å². The summed E-state index contributed by atoms with van der Waals surface area (Å²) in [6.07, 6.45) is 1.81. The summed E-state index contributed by atoms with van der Waals surface area (Å²) in [6, 6.07) is 6.79. The van der Waals surface area contributed by atoms with Crippen LogP contribution >= 0.6 is 11.5 Å². The van der Waals surface area contributed by atoms with Crippen molar-refractivity contribution in [3.05, 3.63) is 58.1 Å². The molecule has 1 atom stereocenters. The highest BCUT2D eigenvalue weighted by molar-refractivity contribution is 7.05. The van der Waals surface area contributed by atoms with Crippen LogP contribution in [0.3, 0.4) is 0 Å². The average molecular weight is 373 g/mol. The standard InChI is InChI=1S/C18H20FN5OS/c1-12-18(13(2)24(21-12)16-6-4-3-5-15(16)19)17-11-25-8-7-23(17)10-14-9-20-22-26-14/h3-6,9,17H,7-8,10-11H2,1-2H3. The van der Waals surface area contributed by atoms with Gasteiger partial charge in [-0.1, -0.05) is 16.6 Å². The number of rotatable bonds is 4. The fourth-order valence-electron chi connectivity index (χ4n) is 3.55. The maximum Gasteiger partial charge on any atom is 0.148 e. The van der Waals surface area contributed by atoms with Gasteiger partial charge in [-0.15, -0.1) is 5.10 Å². The molecule has 0 bridgehead atoms. The van der Waals surface area contributed by atoms with E-state index < -0.39 is 0 Å². The molecule has 0 aliphatic carbocycles. The molecule has 1 unspecified atom stereocenters. The van der Waals surface area contributed by atoms with Crippen molar-refractivity contribution >= 4 is 11.5 Å². The number of morpholine rings is 1. The van der Waals surface area contributed by atoms with Crippen molar-refractivity contribution in [2.75, 3.05) is 19.8 Å². The number of aromatic nitrogens is 4. The lowest BCUT2D eigenvalue weighted by Crippen LogP contribution is -2.39. The minimum absolute atomic E-state index is 0.0753. The van der Waals surface area contributed by atoms with Crippen LogP contribution in [0, 0.1) is 19.7 Å². The number of hydrogen-bond acceptors (Lipinski definition) is 6. The highest BCUT2D eigenvalue weighted by Gasteiger charge is 2.30. The molecule has 0 N–H and O–H groups in total. The number of para-hydroxylation sites is 1. The van der Waals surface area contributed by atoms with E-state index in [4.69, 9.17) is 4.74 Å². The van der Waals surface area contributed by atoms with E-state index in [0.29, 0.717) is 18.9 Å². The predicted octanol–water partition coefficient (Wildman–Crippen LogP) is 3.05. The van der Waals surface area contributed by atoms with Crippen LogP contribution in [0.25, 0.3) is 5.69 Å². The Morgan fingerprint density at radius 1 is 1.31 bits per heavy atom. The number of halogens is 1. The lowest BCUT2D eigenvalue weighted by atomic mass is 10.0. The Balaban J connectivity index is 1.71. The van der Waals surface area contributed by atoms with Crippen molar-refractivity contribution in [3.63, 3.8) is 0 Å². The van der Waals surface area contributed by atoms with Gasteiger partial charge in [0.25, 0.3) is 0 Å². The van der Waals surface area contributed by atoms with Gasteiger partial charge in [0.1, 0.15) is 11.5 Å². The Morgan fingerprint density at radius 3 is 2.92 bits per heavy atom. The molecule has 3 aromatic rings. The van der Waals surface area contributed by atoms with Crippen LogP contribution in [-0.4, -0.2) is 44.0 Å². The van der Waals surface area contributed by atoms with E-state index in [9.17, 15) is 4.39 Å². The van der Waals surface area contributed by atoms with Crippen LogP contribution in [0.4, 0.5) is 4.39 Å². The van der Waals surface area contributed by atoms with Gasteiger partial charge in [-0.3, -0.25) is 4.90 Å². The summed E-state index contributed by atoms with van der Waals surface area (Å²) in [5.41, 5.74) is 3.41. The van der Waals surface area contributed by atoms with Gasteiger partial charge in [0.2, 0.25) is 0 Å². The molecule has 3 heterocycles. The highest BCUT2D eigenvalue weighted by atomic mass is 32.1. The van der Waals surface area contributed by atoms with Gasteiger partial charge in [0.15, 0.2) is 0 Å². The van der Waals surface area contributed by atoms with Gasteiger partial charge in [-0.2, -0.15) is 5.10 Å². The Hall–Kier alpha value is -2.16. The van der Waals surface area contributed by atoms with Crippen molar-refractivity contribution in [3.8, 4) is 5.69 Å². The maximum absolute atomic E-state index is 14.3. The zero-order chi connectivity index (χ0) is 18.1. The molecule has 1 saturated heterocycles. The lowest BCUT2D eigenvalue weighted by Gasteiger charge is -2.35. The second-order valence-corrected chi connectivity index (χ2v) is 7.26. The van der Waals surface area contributed by atoms with E-state index in [-0.39, 0.29) is 11.9 Å². The van der Waals surface area contributed by atoms with Gasteiger partial charge in [0, 0.05) is 24.3 Å². The summed E-state index contributed by atoms with van der Waals surface area (Å²) >= 11 is 1.41. The maximum atomic E-state index is 14.3. The van der Waals surface area contributed by atoms with Crippen LogP contribution in [0.5, 0.6) is 0 Å². The molecule has 1 aromatic carbocycles. The minimum atomic E-state index is -0.280. The van der Waals surface area contributed by atoms with Crippen molar-refractivity contribution < 1.29 is 9.13 Å². The molecule has 6 nitrogen and oxygen atoms in total. The molecule has 1 aliphatic rings. The quantitative estimate of drug-likeness (QED) is 0.704. The van der Waals surface area contributed by atoms with E-state index in [1.165, 1.54) is 17.6 Å². The molecule has 4 rings (SSSR count). The van der Waals surface area contributed by atoms with E-state index in [1.807, 2.05) is 19.9 Å². The van der Waals surface area contributed by atoms with E-state index in [1.54, 1.807) is 23.0 Å². The van der Waals surface area contributed by atoms with Gasteiger partial charge in [-0.05, 0) is 37.5 Å². The number of benzene rings is 1. The fraction of sp³-hybridized carbons (Fsp3) is 0.389. The average Bonchev–Trinajstić information content (AvgIpc) is 3.24. The SMILES string of the molecule is Cc1nn(-c2ccccc2F)c(C)c1C1COCCN1Cc1cnns1. The van der Waals surface area contributed by atoms with Crippen LogP contribution in [0.1, 0.15) is 27.9 Å². The molecule has 0 radical (unpaired) electrons. The Labute approximate surface area is 155 Å². The van der Waals surface area contributed by atoms with E-state index in [2.05, 4.69) is 19.6 Å². The molecule has 0 saturated carbocycles. The largest absolute Gasteiger partial charge is 0.378 e. The molecular weight excluding hydrogens is 353 g/mol. The summed E-state index contributed by atoms with van der Waals surface area (Å²) in [6.45, 7) is 6.85. The summed E-state index contributed by atoms with van der Waals surface area (Å²) in [7, 11) is 0. The molecule has 0 spiro atoms. The molecular formula is C18H20FN5OS. The van der Waals surface area contributed by atoms with Gasteiger partial charge < -0.3 is 4.74 Å². The van der Waals surface area contributed by atoms with Crippen LogP contribution in [-0.2, 0) is 11.3 Å². The molecule has 8 heteroatoms. The summed E-state index contributed by atoms with van der Waals surface area (Å²) in [5, 5.41) is 8.55. The van der Waals surface area contributed by atoms with E-state index >= 15 is 0 Å². The lowest BCUT2D eigenvalue weighted by molar-refractivity contribution is -0.0127. The van der Waals surface area contributed by atoms with Crippen LogP contribution in [0.15, 0.2) is 30.5 Å². The van der Waals surface area contributed by atoms with Gasteiger partial charge in [-0.25, -0.2) is 9.07 Å². The Kier molecular flexibility index (Phi) is 4.80. The van der Waals surface area contributed by atoms with Crippen LogP contribution < -0.4 is 0 Å². The topological polar surface area (TPSA) is 56.1 Å². The zero-order valence-corrected chi connectivity index (χ0v) is 15.5. The van der Waals surface area contributed by atoms with Crippen molar-refractivity contribution in [1.82, 2.24) is 24.3 Å². The molecule has 2 aromatic heterocycles. The first-order chi connectivity index (χ1) is 12.6. The van der Waals surface area contributed by atoms with E-state index in [0.717, 1.165) is 34.9 Å². The third-order valence-electron chi connectivity index (χ3n) is 4.77. The number of ether oxygens (including phenoxy) is 1. The fourth-order valence-corrected chi connectivity index (χ4v) is 4.06. The third-order valence-corrected chi connectivity index (χ3v) is 5.41. The third kappa shape index (κ3) is 3.15. The van der Waals surface area contributed by atoms with Crippen LogP contribution in [0.2, 0.25) is 0 Å². The predicted molar refractivity (Wildman–Crippen MR) is 96.9 cm³/mol. The van der Waals surface area contributed by atoms with Gasteiger partial charge in [0.05, 0.1) is 36.0 Å². The number of hydrogen-bond donors (Lipinski definition) is 0. The minimum Gasteiger partial charge on any atom is -0.378 e. The molecule has 26 heavy (non-hydrogen) atoms. The monoisotopic (exact) mass is 373 g/mol. The second-order valence-electron chi connectivity index (χ2n) is 6.39. The van der Waals surface area contributed by atoms with Crippen molar-refractivity contribution in [1.29, 1.82) is 0 Å². The summed E-state index contributed by atoms with van der Waals surface area (Å²) < 4.78 is 25.7. The molecule has 136 valence electrons. The summed E-state index contributed by atoms with van der Waals surface area (Å²) in [4.78, 5) is 3.48. The van der Waals surface area contributed by atoms with Gasteiger partial charge >= 0.3 is 0 Å². The Morgan fingerprint density at radius 2 is 2.15 bits per heavy atom. The smallest absolute Gasteiger partial charge is 0.148 e. The molecule has 1 fully saturated rings. The van der Waals surface area contributed by atoms with Crippen molar-refractivity contribution in [2.24, 2.45) is 0 Å².